The number of rotatable bonds is 5. The SMILES string of the molecule is O=C(O)CC1CCCCN1S(=O)(=O)CC1CCCCC1. The highest BCUT2D eigenvalue weighted by Crippen LogP contribution is 2.29. The van der Waals surface area contributed by atoms with Gasteiger partial charge in [-0.25, -0.2) is 8.42 Å². The molecular formula is C14H25NO4S. The van der Waals surface area contributed by atoms with Gasteiger partial charge in [0.05, 0.1) is 12.2 Å². The van der Waals surface area contributed by atoms with Crippen LogP contribution in [-0.2, 0) is 14.8 Å². The fourth-order valence-corrected chi connectivity index (χ4v) is 5.66. The Kier molecular flexibility index (Phi) is 5.43. The molecule has 1 saturated heterocycles. The van der Waals surface area contributed by atoms with Gasteiger partial charge in [0.25, 0.3) is 0 Å². The van der Waals surface area contributed by atoms with Crippen molar-refractivity contribution in [1.29, 1.82) is 0 Å². The summed E-state index contributed by atoms with van der Waals surface area (Å²) in [6.45, 7) is 0.493. The number of carboxylic acids is 1. The quantitative estimate of drug-likeness (QED) is 0.845. The van der Waals surface area contributed by atoms with E-state index >= 15 is 0 Å². The van der Waals surface area contributed by atoms with Crippen LogP contribution in [0.5, 0.6) is 0 Å². The molecule has 0 aromatic carbocycles. The lowest BCUT2D eigenvalue weighted by molar-refractivity contribution is -0.138. The zero-order valence-corrected chi connectivity index (χ0v) is 12.8. The van der Waals surface area contributed by atoms with Gasteiger partial charge in [0, 0.05) is 12.6 Å². The molecule has 1 unspecified atom stereocenters. The first-order valence-electron chi connectivity index (χ1n) is 7.70. The molecule has 1 saturated carbocycles. The fourth-order valence-electron chi connectivity index (χ4n) is 3.49. The molecular weight excluding hydrogens is 278 g/mol. The molecule has 0 aromatic heterocycles. The van der Waals surface area contributed by atoms with Crippen LogP contribution in [0.25, 0.3) is 0 Å². The molecule has 2 aliphatic rings. The number of hydrogen-bond acceptors (Lipinski definition) is 3. The van der Waals surface area contributed by atoms with E-state index in [-0.39, 0.29) is 24.1 Å². The summed E-state index contributed by atoms with van der Waals surface area (Å²) in [5.41, 5.74) is 0. The lowest BCUT2D eigenvalue weighted by atomic mass is 9.91. The van der Waals surface area contributed by atoms with Crippen LogP contribution < -0.4 is 0 Å². The van der Waals surface area contributed by atoms with Gasteiger partial charge >= 0.3 is 5.97 Å². The van der Waals surface area contributed by atoms with Crippen LogP contribution in [0.1, 0.15) is 57.8 Å². The number of carbonyl (C=O) groups is 1. The van der Waals surface area contributed by atoms with Crippen LogP contribution in [0, 0.1) is 5.92 Å². The summed E-state index contributed by atoms with van der Waals surface area (Å²) in [5, 5.41) is 8.95. The maximum absolute atomic E-state index is 12.6. The Morgan fingerprint density at radius 2 is 1.70 bits per heavy atom. The van der Waals surface area contributed by atoms with Gasteiger partial charge in [-0.3, -0.25) is 4.79 Å². The molecule has 6 heteroatoms. The van der Waals surface area contributed by atoms with E-state index in [0.717, 1.165) is 38.5 Å². The molecule has 1 N–H and O–H groups in total. The number of hydrogen-bond donors (Lipinski definition) is 1. The first-order valence-corrected chi connectivity index (χ1v) is 9.31. The molecule has 1 atom stereocenters. The molecule has 0 bridgehead atoms. The number of carboxylic acid groups (broad SMARTS) is 1. The molecule has 0 aromatic rings. The summed E-state index contributed by atoms with van der Waals surface area (Å²) in [6, 6.07) is -0.338. The van der Waals surface area contributed by atoms with Crippen molar-refractivity contribution in [1.82, 2.24) is 4.31 Å². The number of nitrogens with zero attached hydrogens (tertiary/aromatic N) is 1. The predicted molar refractivity (Wildman–Crippen MR) is 77.0 cm³/mol. The van der Waals surface area contributed by atoms with Crippen LogP contribution >= 0.6 is 0 Å². The molecule has 0 amide bonds. The molecule has 20 heavy (non-hydrogen) atoms. The van der Waals surface area contributed by atoms with Crippen molar-refractivity contribution >= 4 is 16.0 Å². The van der Waals surface area contributed by atoms with Gasteiger partial charge in [0.2, 0.25) is 10.0 Å². The minimum atomic E-state index is -3.31. The molecule has 0 radical (unpaired) electrons. The third kappa shape index (κ3) is 4.19. The Bertz CT molecular complexity index is 428. The minimum absolute atomic E-state index is 0.0656. The minimum Gasteiger partial charge on any atom is -0.481 e. The molecule has 2 rings (SSSR count). The lowest BCUT2D eigenvalue weighted by Crippen LogP contribution is -2.46. The second-order valence-electron chi connectivity index (χ2n) is 6.14. The molecule has 2 fully saturated rings. The van der Waals surface area contributed by atoms with Crippen LogP contribution in [0.2, 0.25) is 0 Å². The van der Waals surface area contributed by atoms with Crippen molar-refractivity contribution in [3.05, 3.63) is 0 Å². The molecule has 1 heterocycles. The van der Waals surface area contributed by atoms with Crippen molar-refractivity contribution < 1.29 is 18.3 Å². The number of aliphatic carboxylic acids is 1. The normalized spacial score (nSPS) is 26.5. The Balaban J connectivity index is 2.02. The maximum atomic E-state index is 12.6. The summed E-state index contributed by atoms with van der Waals surface area (Å²) in [6.07, 6.45) is 7.83. The second kappa shape index (κ2) is 6.89. The van der Waals surface area contributed by atoms with Gasteiger partial charge in [0.1, 0.15) is 0 Å². The second-order valence-corrected chi connectivity index (χ2v) is 8.11. The Morgan fingerprint density at radius 1 is 1.05 bits per heavy atom. The highest BCUT2D eigenvalue weighted by Gasteiger charge is 2.35. The zero-order valence-electron chi connectivity index (χ0n) is 12.0. The van der Waals surface area contributed by atoms with Crippen molar-refractivity contribution in [2.45, 2.75) is 63.8 Å². The van der Waals surface area contributed by atoms with E-state index in [1.54, 1.807) is 0 Å². The highest BCUT2D eigenvalue weighted by molar-refractivity contribution is 7.89. The van der Waals surface area contributed by atoms with Crippen molar-refractivity contribution in [2.24, 2.45) is 5.92 Å². The van der Waals surface area contributed by atoms with Gasteiger partial charge in [-0.15, -0.1) is 0 Å². The monoisotopic (exact) mass is 303 g/mol. The van der Waals surface area contributed by atoms with Crippen LogP contribution in [0.4, 0.5) is 0 Å². The first-order chi connectivity index (χ1) is 9.49. The largest absolute Gasteiger partial charge is 0.481 e. The Labute approximate surface area is 121 Å². The summed E-state index contributed by atoms with van der Waals surface area (Å²) in [4.78, 5) is 10.9. The van der Waals surface area contributed by atoms with E-state index < -0.39 is 16.0 Å². The van der Waals surface area contributed by atoms with E-state index in [9.17, 15) is 13.2 Å². The zero-order chi connectivity index (χ0) is 14.6. The van der Waals surface area contributed by atoms with Crippen LogP contribution in [0.3, 0.4) is 0 Å². The van der Waals surface area contributed by atoms with E-state index in [1.165, 1.54) is 10.7 Å². The number of sulfonamides is 1. The molecule has 1 aliphatic heterocycles. The van der Waals surface area contributed by atoms with Gasteiger partial charge < -0.3 is 5.11 Å². The van der Waals surface area contributed by atoms with Crippen LogP contribution in [0.15, 0.2) is 0 Å². The van der Waals surface area contributed by atoms with E-state index in [2.05, 4.69) is 0 Å². The topological polar surface area (TPSA) is 74.7 Å². The van der Waals surface area contributed by atoms with Gasteiger partial charge in [0.15, 0.2) is 0 Å². The summed E-state index contributed by atoms with van der Waals surface area (Å²) in [7, 11) is -3.31. The average molecular weight is 303 g/mol. The average Bonchev–Trinajstić information content (AvgIpc) is 2.39. The third-order valence-electron chi connectivity index (χ3n) is 4.51. The fraction of sp³-hybridized carbons (Fsp3) is 0.929. The molecule has 0 spiro atoms. The summed E-state index contributed by atoms with van der Waals surface area (Å²) >= 11 is 0. The lowest BCUT2D eigenvalue weighted by Gasteiger charge is -2.35. The third-order valence-corrected chi connectivity index (χ3v) is 6.60. The Hall–Kier alpha value is -0.620. The van der Waals surface area contributed by atoms with Crippen molar-refractivity contribution in [2.75, 3.05) is 12.3 Å². The summed E-state index contributed by atoms with van der Waals surface area (Å²) < 4.78 is 26.6. The van der Waals surface area contributed by atoms with Crippen LogP contribution in [-0.4, -0.2) is 42.1 Å². The molecule has 116 valence electrons. The first kappa shape index (κ1) is 15.8. The smallest absolute Gasteiger partial charge is 0.304 e. The van der Waals surface area contributed by atoms with Crippen molar-refractivity contribution in [3.63, 3.8) is 0 Å². The molecule has 1 aliphatic carbocycles. The summed E-state index contributed by atoms with van der Waals surface area (Å²) in [5.74, 6) is -0.431. The molecule has 5 nitrogen and oxygen atoms in total. The van der Waals surface area contributed by atoms with Gasteiger partial charge in [-0.1, -0.05) is 25.7 Å². The van der Waals surface area contributed by atoms with Gasteiger partial charge in [-0.05, 0) is 31.6 Å². The maximum Gasteiger partial charge on any atom is 0.304 e. The number of piperidine rings is 1. The predicted octanol–water partition coefficient (Wildman–Crippen LogP) is 2.23. The van der Waals surface area contributed by atoms with E-state index in [4.69, 9.17) is 5.11 Å². The van der Waals surface area contributed by atoms with E-state index in [0.29, 0.717) is 13.0 Å². The van der Waals surface area contributed by atoms with Crippen molar-refractivity contribution in [3.8, 4) is 0 Å². The van der Waals surface area contributed by atoms with E-state index in [1.807, 2.05) is 0 Å². The van der Waals surface area contributed by atoms with Gasteiger partial charge in [-0.2, -0.15) is 4.31 Å². The highest BCUT2D eigenvalue weighted by atomic mass is 32.2. The standard InChI is InChI=1S/C14H25NO4S/c16-14(17)10-13-8-4-5-9-15(13)20(18,19)11-12-6-2-1-3-7-12/h12-13H,1-11H2,(H,16,17). The Morgan fingerprint density at radius 3 is 2.35 bits per heavy atom.